The minimum Gasteiger partial charge on any atom is -0.469 e. The van der Waals surface area contributed by atoms with E-state index in [0.717, 1.165) is 19.3 Å². The van der Waals surface area contributed by atoms with Gasteiger partial charge in [-0.15, -0.1) is 0 Å². The summed E-state index contributed by atoms with van der Waals surface area (Å²) in [5, 5.41) is 0. The van der Waals surface area contributed by atoms with Crippen LogP contribution in [-0.4, -0.2) is 37.9 Å². The van der Waals surface area contributed by atoms with Crippen molar-refractivity contribution < 1.29 is 23.8 Å². The van der Waals surface area contributed by atoms with E-state index in [1.54, 1.807) is 0 Å². The van der Waals surface area contributed by atoms with Crippen LogP contribution in [0.1, 0.15) is 46.5 Å². The lowest BCUT2D eigenvalue weighted by molar-refractivity contribution is -0.146. The molecule has 0 heterocycles. The number of carbonyl (C=O) groups excluding carboxylic acids is 2. The predicted molar refractivity (Wildman–Crippen MR) is 78.7 cm³/mol. The van der Waals surface area contributed by atoms with Crippen molar-refractivity contribution in [2.45, 2.75) is 52.1 Å². The van der Waals surface area contributed by atoms with Gasteiger partial charge in [0.2, 0.25) is 0 Å². The van der Waals surface area contributed by atoms with Gasteiger partial charge < -0.3 is 14.2 Å². The van der Waals surface area contributed by atoms with Gasteiger partial charge in [-0.1, -0.05) is 20.4 Å². The van der Waals surface area contributed by atoms with E-state index < -0.39 is 11.9 Å². The van der Waals surface area contributed by atoms with Crippen LogP contribution in [0.5, 0.6) is 0 Å². The molecule has 0 aromatic rings. The van der Waals surface area contributed by atoms with Crippen molar-refractivity contribution in [2.24, 2.45) is 5.41 Å². The highest BCUT2D eigenvalue weighted by molar-refractivity contribution is 5.93. The maximum atomic E-state index is 11.6. The number of carbonyl (C=O) groups is 2. The van der Waals surface area contributed by atoms with E-state index in [-0.39, 0.29) is 24.2 Å². The summed E-state index contributed by atoms with van der Waals surface area (Å²) in [6, 6.07) is 0. The molecule has 5 heteroatoms. The van der Waals surface area contributed by atoms with Crippen LogP contribution < -0.4 is 0 Å². The van der Waals surface area contributed by atoms with E-state index >= 15 is 0 Å². The van der Waals surface area contributed by atoms with Gasteiger partial charge in [0.1, 0.15) is 6.61 Å². The molecule has 1 atom stereocenters. The summed E-state index contributed by atoms with van der Waals surface area (Å²) in [4.78, 5) is 22.6. The fraction of sp³-hybridized carbons (Fsp3) is 0.750. The van der Waals surface area contributed by atoms with Crippen molar-refractivity contribution in [3.63, 3.8) is 0 Å². The summed E-state index contributed by atoms with van der Waals surface area (Å²) in [5.41, 5.74) is 0.258. The minimum absolute atomic E-state index is 0.0926. The highest BCUT2D eigenvalue weighted by Crippen LogP contribution is 2.45. The smallest absolute Gasteiger partial charge is 0.334 e. The van der Waals surface area contributed by atoms with Gasteiger partial charge in [-0.05, 0) is 31.6 Å². The molecule has 0 radical (unpaired) electrons. The Balaban J connectivity index is 2.24. The number of rotatable bonds is 7. The standard InChI is InChI=1S/C16H26O5/c1-12(10-13(17)19-5)14(18)20-8-9-21-16(4)7-6-15(2,3)11-16/h1,6-11H2,2-5H3. The summed E-state index contributed by atoms with van der Waals surface area (Å²) in [5.74, 6) is -1.09. The molecule has 1 fully saturated rings. The van der Waals surface area contributed by atoms with Gasteiger partial charge in [0, 0.05) is 5.57 Å². The molecule has 5 nitrogen and oxygen atoms in total. The van der Waals surface area contributed by atoms with Crippen LogP contribution >= 0.6 is 0 Å². The van der Waals surface area contributed by atoms with E-state index in [2.05, 4.69) is 32.1 Å². The van der Waals surface area contributed by atoms with Crippen LogP contribution in [0.4, 0.5) is 0 Å². The molecule has 21 heavy (non-hydrogen) atoms. The van der Waals surface area contributed by atoms with Crippen molar-refractivity contribution >= 4 is 11.9 Å². The topological polar surface area (TPSA) is 61.8 Å². The van der Waals surface area contributed by atoms with E-state index in [1.165, 1.54) is 7.11 Å². The molecule has 1 rings (SSSR count). The van der Waals surface area contributed by atoms with Crippen LogP contribution in [0.15, 0.2) is 12.2 Å². The molecule has 0 bridgehead atoms. The number of ether oxygens (including phenoxy) is 3. The second kappa shape index (κ2) is 7.07. The van der Waals surface area contributed by atoms with E-state index in [9.17, 15) is 9.59 Å². The Morgan fingerprint density at radius 1 is 1.14 bits per heavy atom. The first-order valence-electron chi connectivity index (χ1n) is 7.23. The predicted octanol–water partition coefficient (Wildman–Crippen LogP) is 2.63. The number of hydrogen-bond donors (Lipinski definition) is 0. The quantitative estimate of drug-likeness (QED) is 0.411. The lowest BCUT2D eigenvalue weighted by Crippen LogP contribution is -2.28. The van der Waals surface area contributed by atoms with Crippen molar-refractivity contribution in [1.29, 1.82) is 0 Å². The van der Waals surface area contributed by atoms with Gasteiger partial charge >= 0.3 is 11.9 Å². The molecule has 1 unspecified atom stereocenters. The molecular formula is C16H26O5. The van der Waals surface area contributed by atoms with Gasteiger partial charge in [0.25, 0.3) is 0 Å². The molecule has 0 aliphatic heterocycles. The second-order valence-electron chi connectivity index (χ2n) is 6.63. The fourth-order valence-corrected chi connectivity index (χ4v) is 2.76. The summed E-state index contributed by atoms with van der Waals surface area (Å²) in [6.45, 7) is 10.6. The first-order valence-corrected chi connectivity index (χ1v) is 7.23. The molecule has 0 amide bonds. The highest BCUT2D eigenvalue weighted by atomic mass is 16.6. The monoisotopic (exact) mass is 298 g/mol. The van der Waals surface area contributed by atoms with Gasteiger partial charge in [-0.2, -0.15) is 0 Å². The largest absolute Gasteiger partial charge is 0.469 e. The Labute approximate surface area is 126 Å². The van der Waals surface area contributed by atoms with Crippen molar-refractivity contribution in [2.75, 3.05) is 20.3 Å². The molecule has 1 aliphatic carbocycles. The van der Waals surface area contributed by atoms with Gasteiger partial charge in [0.15, 0.2) is 0 Å². The Hall–Kier alpha value is -1.36. The van der Waals surface area contributed by atoms with Crippen LogP contribution in [0.3, 0.4) is 0 Å². The Bertz CT molecular complexity index is 413. The third-order valence-electron chi connectivity index (χ3n) is 3.82. The average molecular weight is 298 g/mol. The SMILES string of the molecule is C=C(CC(=O)OC)C(=O)OCCOC1(C)CCC(C)(C)C1. The number of methoxy groups -OCH3 is 1. The molecule has 0 spiro atoms. The molecule has 0 saturated heterocycles. The maximum Gasteiger partial charge on any atom is 0.334 e. The first kappa shape index (κ1) is 17.7. The highest BCUT2D eigenvalue weighted by Gasteiger charge is 2.40. The Morgan fingerprint density at radius 2 is 1.81 bits per heavy atom. The van der Waals surface area contributed by atoms with E-state index in [1.807, 2.05) is 0 Å². The molecule has 0 aromatic heterocycles. The molecule has 0 aromatic carbocycles. The van der Waals surface area contributed by atoms with Crippen LogP contribution in [0.25, 0.3) is 0 Å². The molecule has 1 aliphatic rings. The van der Waals surface area contributed by atoms with Crippen molar-refractivity contribution in [3.8, 4) is 0 Å². The van der Waals surface area contributed by atoms with Crippen LogP contribution in [-0.2, 0) is 23.8 Å². The summed E-state index contributed by atoms with van der Waals surface area (Å²) >= 11 is 0. The first-order chi connectivity index (χ1) is 9.67. The average Bonchev–Trinajstić information content (AvgIpc) is 2.68. The lowest BCUT2D eigenvalue weighted by atomic mass is 9.90. The van der Waals surface area contributed by atoms with Gasteiger partial charge in [-0.3, -0.25) is 4.79 Å². The number of esters is 2. The summed E-state index contributed by atoms with van der Waals surface area (Å²) in [6.07, 6.45) is 3.01. The maximum absolute atomic E-state index is 11.6. The third kappa shape index (κ3) is 5.87. The zero-order chi connectivity index (χ0) is 16.1. The fourth-order valence-electron chi connectivity index (χ4n) is 2.76. The molecule has 0 N–H and O–H groups in total. The molecule has 120 valence electrons. The van der Waals surface area contributed by atoms with Crippen LogP contribution in [0, 0.1) is 5.41 Å². The Morgan fingerprint density at radius 3 is 2.33 bits per heavy atom. The summed E-state index contributed by atoms with van der Waals surface area (Å²) in [7, 11) is 1.26. The third-order valence-corrected chi connectivity index (χ3v) is 3.82. The van der Waals surface area contributed by atoms with E-state index in [0.29, 0.717) is 12.0 Å². The number of hydrogen-bond acceptors (Lipinski definition) is 5. The molecule has 1 saturated carbocycles. The zero-order valence-corrected chi connectivity index (χ0v) is 13.5. The summed E-state index contributed by atoms with van der Waals surface area (Å²) < 4.78 is 15.4. The molecular weight excluding hydrogens is 272 g/mol. The van der Waals surface area contributed by atoms with Gasteiger partial charge in [0.05, 0.1) is 25.7 Å². The second-order valence-corrected chi connectivity index (χ2v) is 6.63. The van der Waals surface area contributed by atoms with Gasteiger partial charge in [-0.25, -0.2) is 4.79 Å². The van der Waals surface area contributed by atoms with Crippen LogP contribution in [0.2, 0.25) is 0 Å². The minimum atomic E-state index is -0.582. The van der Waals surface area contributed by atoms with Crippen molar-refractivity contribution in [3.05, 3.63) is 12.2 Å². The zero-order valence-electron chi connectivity index (χ0n) is 13.5. The normalized spacial score (nSPS) is 23.6. The Kier molecular flexibility index (Phi) is 5.96. The van der Waals surface area contributed by atoms with E-state index in [4.69, 9.17) is 9.47 Å². The van der Waals surface area contributed by atoms with Crippen molar-refractivity contribution in [1.82, 2.24) is 0 Å². The lowest BCUT2D eigenvalue weighted by Gasteiger charge is -2.27.